The van der Waals surface area contributed by atoms with Gasteiger partial charge in [-0.15, -0.1) is 0 Å². The third-order valence-electron chi connectivity index (χ3n) is 3.35. The summed E-state index contributed by atoms with van der Waals surface area (Å²) in [6.07, 6.45) is 0.881. The van der Waals surface area contributed by atoms with Crippen LogP contribution in [0, 0.1) is 22.1 Å². The van der Waals surface area contributed by atoms with Gasteiger partial charge in [-0.1, -0.05) is 0 Å². The predicted octanol–water partition coefficient (Wildman–Crippen LogP) is 1.19. The first-order chi connectivity index (χ1) is 13.5. The molecular formula is C18H23FN6O4. The Balaban J connectivity index is 2.90. The molecule has 0 bridgehead atoms. The maximum Gasteiger partial charge on any atom is 0.309 e. The number of aliphatic imine (C=N–C) groups is 1. The molecular weight excluding hydrogens is 383 g/mol. The van der Waals surface area contributed by atoms with Crippen LogP contribution in [0.15, 0.2) is 28.8 Å². The van der Waals surface area contributed by atoms with Gasteiger partial charge in [-0.25, -0.2) is 4.39 Å². The highest BCUT2D eigenvalue weighted by atomic mass is 19.1. The number of amides is 1. The van der Waals surface area contributed by atoms with Crippen LogP contribution in [0.4, 0.5) is 4.39 Å². The number of rotatable bonds is 6. The van der Waals surface area contributed by atoms with Crippen molar-refractivity contribution in [2.45, 2.75) is 38.9 Å². The van der Waals surface area contributed by atoms with Gasteiger partial charge >= 0.3 is 5.97 Å². The van der Waals surface area contributed by atoms with Gasteiger partial charge in [0.15, 0.2) is 11.7 Å². The number of nitrogens with zero attached hydrogens (tertiary/aromatic N) is 3. The lowest BCUT2D eigenvalue weighted by molar-refractivity contribution is -0.165. The first-order valence-electron chi connectivity index (χ1n) is 8.53. The van der Waals surface area contributed by atoms with Crippen molar-refractivity contribution in [1.82, 2.24) is 4.90 Å². The van der Waals surface area contributed by atoms with Crippen LogP contribution in [-0.4, -0.2) is 59.4 Å². The van der Waals surface area contributed by atoms with Crippen molar-refractivity contribution < 1.29 is 23.5 Å². The summed E-state index contributed by atoms with van der Waals surface area (Å²) in [6.45, 7) is 4.97. The zero-order chi connectivity index (χ0) is 22.2. The van der Waals surface area contributed by atoms with Crippen molar-refractivity contribution >= 4 is 29.6 Å². The number of hydrogen-bond acceptors (Lipinski definition) is 9. The van der Waals surface area contributed by atoms with Gasteiger partial charge in [-0.05, 0) is 26.8 Å². The fourth-order valence-corrected chi connectivity index (χ4v) is 2.17. The second-order valence-corrected chi connectivity index (χ2v) is 6.88. The number of carbonyl (C=O) groups is 2. The highest BCUT2D eigenvalue weighted by Crippen LogP contribution is 2.17. The van der Waals surface area contributed by atoms with E-state index in [9.17, 15) is 14.0 Å². The Morgan fingerprint density at radius 3 is 2.76 bits per heavy atom. The number of carbonyl (C=O) groups excluding carboxylic acids is 2. The Morgan fingerprint density at radius 1 is 1.55 bits per heavy atom. The molecule has 10 nitrogen and oxygen atoms in total. The maximum absolute atomic E-state index is 14.3. The molecule has 0 aromatic rings. The molecule has 0 spiro atoms. The van der Waals surface area contributed by atoms with Crippen molar-refractivity contribution in [3.63, 3.8) is 0 Å². The van der Waals surface area contributed by atoms with Gasteiger partial charge in [0, 0.05) is 6.21 Å². The van der Waals surface area contributed by atoms with E-state index in [1.165, 1.54) is 0 Å². The van der Waals surface area contributed by atoms with Gasteiger partial charge in [0.2, 0.25) is 0 Å². The zero-order valence-corrected chi connectivity index (χ0v) is 16.4. The normalized spacial score (nSPS) is 18.9. The molecule has 1 aliphatic heterocycles. The van der Waals surface area contributed by atoms with Gasteiger partial charge in [-0.3, -0.25) is 24.9 Å². The second kappa shape index (κ2) is 10.2. The van der Waals surface area contributed by atoms with Crippen LogP contribution in [0.25, 0.3) is 0 Å². The zero-order valence-electron chi connectivity index (χ0n) is 16.4. The maximum atomic E-state index is 14.3. The van der Waals surface area contributed by atoms with Crippen LogP contribution in [0.1, 0.15) is 27.2 Å². The number of amidine groups is 1. The first kappa shape index (κ1) is 23.6. The van der Waals surface area contributed by atoms with Crippen molar-refractivity contribution in [2.24, 2.45) is 10.7 Å². The monoisotopic (exact) mass is 406 g/mol. The summed E-state index contributed by atoms with van der Waals surface area (Å²) < 4.78 is 24.7. The molecule has 1 unspecified atom stereocenters. The van der Waals surface area contributed by atoms with Crippen LogP contribution >= 0.6 is 0 Å². The van der Waals surface area contributed by atoms with Gasteiger partial charge in [-0.2, -0.15) is 5.26 Å². The number of nitrogens with one attached hydrogen (secondary N) is 2. The van der Waals surface area contributed by atoms with Crippen LogP contribution < -0.4 is 5.73 Å². The third-order valence-corrected chi connectivity index (χ3v) is 3.35. The number of morpholine rings is 1. The SMILES string of the molecule is CC(C)(C)OC(=O)CC1OCCN(C(=N)/C(F)=C\N=C(C=N)C=C(N)C#N)C1=O. The Labute approximate surface area is 167 Å². The van der Waals surface area contributed by atoms with Crippen molar-refractivity contribution in [2.75, 3.05) is 13.2 Å². The third kappa shape index (κ3) is 7.63. The summed E-state index contributed by atoms with van der Waals surface area (Å²) in [5.41, 5.74) is 4.21. The average molecular weight is 406 g/mol. The number of allylic oxidation sites excluding steroid dienone is 2. The molecule has 11 heteroatoms. The average Bonchev–Trinajstić information content (AvgIpc) is 2.64. The molecule has 1 rings (SSSR count). The fraction of sp³-hybridized carbons (Fsp3) is 0.444. The van der Waals surface area contributed by atoms with Crippen molar-refractivity contribution in [3.05, 3.63) is 23.8 Å². The minimum atomic E-state index is -1.19. The molecule has 1 atom stereocenters. The molecule has 1 aliphatic rings. The molecule has 0 aliphatic carbocycles. The number of halogens is 1. The fourth-order valence-electron chi connectivity index (χ4n) is 2.17. The summed E-state index contributed by atoms with van der Waals surface area (Å²) in [7, 11) is 0. The lowest BCUT2D eigenvalue weighted by Gasteiger charge is -2.32. The minimum Gasteiger partial charge on any atom is -0.460 e. The lowest BCUT2D eigenvalue weighted by Crippen LogP contribution is -2.51. The summed E-state index contributed by atoms with van der Waals surface area (Å²) in [5, 5.41) is 23.7. The first-order valence-corrected chi connectivity index (χ1v) is 8.53. The topological polar surface area (TPSA) is 166 Å². The van der Waals surface area contributed by atoms with Gasteiger partial charge < -0.3 is 20.6 Å². The molecule has 4 N–H and O–H groups in total. The summed E-state index contributed by atoms with van der Waals surface area (Å²) >= 11 is 0. The van der Waals surface area contributed by atoms with Crippen LogP contribution in [0.2, 0.25) is 0 Å². The quantitative estimate of drug-likeness (QED) is 0.259. The van der Waals surface area contributed by atoms with E-state index in [4.69, 9.17) is 31.3 Å². The van der Waals surface area contributed by atoms with E-state index in [0.29, 0.717) is 6.20 Å². The molecule has 156 valence electrons. The highest BCUT2D eigenvalue weighted by Gasteiger charge is 2.35. The van der Waals surface area contributed by atoms with E-state index in [1.807, 2.05) is 0 Å². The van der Waals surface area contributed by atoms with Gasteiger partial charge in [0.05, 0.1) is 31.5 Å². The minimum absolute atomic E-state index is 0.00528. The van der Waals surface area contributed by atoms with E-state index in [2.05, 4.69) is 4.99 Å². The van der Waals surface area contributed by atoms with Crippen LogP contribution in [0.3, 0.4) is 0 Å². The molecule has 0 aromatic heterocycles. The number of esters is 1. The van der Waals surface area contributed by atoms with E-state index in [0.717, 1.165) is 17.2 Å². The summed E-state index contributed by atoms with van der Waals surface area (Å²) in [5.74, 6) is -3.32. The van der Waals surface area contributed by atoms with Crippen molar-refractivity contribution in [1.29, 1.82) is 16.1 Å². The summed E-state index contributed by atoms with van der Waals surface area (Å²) in [6, 6.07) is 1.63. The Morgan fingerprint density at radius 2 is 2.21 bits per heavy atom. The summed E-state index contributed by atoms with van der Waals surface area (Å²) in [4.78, 5) is 28.9. The van der Waals surface area contributed by atoms with E-state index in [-0.39, 0.29) is 31.0 Å². The molecule has 0 saturated carbocycles. The van der Waals surface area contributed by atoms with Crippen LogP contribution in [0.5, 0.6) is 0 Å². The largest absolute Gasteiger partial charge is 0.460 e. The lowest BCUT2D eigenvalue weighted by atomic mass is 10.1. The van der Waals surface area contributed by atoms with Crippen LogP contribution in [-0.2, 0) is 19.1 Å². The molecule has 0 aromatic carbocycles. The number of ether oxygens (including phenoxy) is 2. The Hall–Kier alpha value is -3.39. The highest BCUT2D eigenvalue weighted by molar-refractivity contribution is 6.35. The molecule has 1 amide bonds. The van der Waals surface area contributed by atoms with E-state index < -0.39 is 35.2 Å². The predicted molar refractivity (Wildman–Crippen MR) is 103 cm³/mol. The second-order valence-electron chi connectivity index (χ2n) is 6.88. The van der Waals surface area contributed by atoms with Crippen molar-refractivity contribution in [3.8, 4) is 6.07 Å². The standard InChI is InChI=1S/C18H23FN6O4/c1-18(2,3)29-15(26)7-14-17(27)25(4-5-28-14)16(23)13(19)10-24-12(9-21)6-11(22)8-20/h6,9-10,14,21,23H,4-5,7,22H2,1-3H3/b11-6?,13-10+,21-9?,23-16?,24-12?. The molecule has 1 heterocycles. The molecule has 29 heavy (non-hydrogen) atoms. The van der Waals surface area contributed by atoms with Gasteiger partial charge in [0.25, 0.3) is 5.91 Å². The van der Waals surface area contributed by atoms with E-state index in [1.54, 1.807) is 26.8 Å². The number of nitrogens with two attached hydrogens (primary N) is 1. The number of hydrogen-bond donors (Lipinski definition) is 3. The smallest absolute Gasteiger partial charge is 0.309 e. The Bertz CT molecular complexity index is 819. The molecule has 0 radical (unpaired) electrons. The molecule has 1 saturated heterocycles. The molecule has 1 fully saturated rings. The van der Waals surface area contributed by atoms with E-state index >= 15 is 0 Å². The Kier molecular flexibility index (Phi) is 8.35. The van der Waals surface area contributed by atoms with Gasteiger partial charge in [0.1, 0.15) is 23.5 Å². The number of nitriles is 1.